The van der Waals surface area contributed by atoms with Gasteiger partial charge in [-0.25, -0.2) is 0 Å². The van der Waals surface area contributed by atoms with E-state index in [2.05, 4.69) is 81.4 Å². The first-order valence-corrected chi connectivity index (χ1v) is 18.7. The van der Waals surface area contributed by atoms with Gasteiger partial charge in [0, 0.05) is 0 Å². The van der Waals surface area contributed by atoms with Crippen LogP contribution >= 0.6 is 11.3 Å². The van der Waals surface area contributed by atoms with Gasteiger partial charge in [0.15, 0.2) is 0 Å². The number of benzene rings is 2. The topological polar surface area (TPSA) is 12.9 Å². The fourth-order valence-corrected chi connectivity index (χ4v) is 9.61. The van der Waals surface area contributed by atoms with Crippen LogP contribution < -0.4 is 4.40 Å². The van der Waals surface area contributed by atoms with Crippen molar-refractivity contribution in [3.05, 3.63) is 59.3 Å². The minimum absolute atomic E-state index is 0.659. The molecule has 2 aromatic heterocycles. The summed E-state index contributed by atoms with van der Waals surface area (Å²) >= 11 is 0.00491. The van der Waals surface area contributed by atoms with Gasteiger partial charge in [-0.15, -0.1) is 0 Å². The van der Waals surface area contributed by atoms with E-state index in [0.29, 0.717) is 5.92 Å². The van der Waals surface area contributed by atoms with E-state index >= 15 is 0 Å². The van der Waals surface area contributed by atoms with Gasteiger partial charge in [0.2, 0.25) is 0 Å². The van der Waals surface area contributed by atoms with E-state index in [1.54, 1.807) is 9.96 Å². The third kappa shape index (κ3) is 3.89. The molecule has 0 saturated carbocycles. The van der Waals surface area contributed by atoms with Gasteiger partial charge in [-0.3, -0.25) is 0 Å². The van der Waals surface area contributed by atoms with E-state index in [0.717, 1.165) is 12.1 Å². The van der Waals surface area contributed by atoms with Gasteiger partial charge in [-0.1, -0.05) is 0 Å². The first-order valence-electron chi connectivity index (χ1n) is 10.6. The van der Waals surface area contributed by atoms with Crippen molar-refractivity contribution in [1.29, 1.82) is 0 Å². The van der Waals surface area contributed by atoms with E-state index in [-0.39, 0.29) is 0 Å². The van der Waals surface area contributed by atoms with E-state index in [9.17, 15) is 0 Å². The zero-order valence-corrected chi connectivity index (χ0v) is 21.6. The van der Waals surface area contributed by atoms with Crippen LogP contribution in [-0.4, -0.2) is 18.3 Å². The van der Waals surface area contributed by atoms with Crippen molar-refractivity contribution in [1.82, 2.24) is 4.98 Å². The van der Waals surface area contributed by atoms with Crippen LogP contribution in [0, 0.1) is 19.8 Å². The second kappa shape index (κ2) is 7.55. The molecule has 2 aromatic carbocycles. The van der Waals surface area contributed by atoms with E-state index in [4.69, 9.17) is 4.98 Å². The molecule has 0 aliphatic heterocycles. The number of fused-ring (bicyclic) bond motifs is 3. The van der Waals surface area contributed by atoms with Crippen LogP contribution in [0.25, 0.3) is 31.4 Å². The number of nitrogens with zero attached hydrogens (tertiary/aromatic N) is 1. The molecule has 0 spiro atoms. The Balaban J connectivity index is 2.06. The zero-order valence-electron chi connectivity index (χ0n) is 18.7. The van der Waals surface area contributed by atoms with Crippen molar-refractivity contribution in [2.75, 3.05) is 0 Å². The Bertz CT molecular complexity index is 1190. The number of hydrogen-bond acceptors (Lipinski definition) is 2. The normalized spacial score (nSPS) is 12.4. The van der Waals surface area contributed by atoms with E-state index < -0.39 is 13.3 Å². The Morgan fingerprint density at radius 3 is 2.17 bits per heavy atom. The molecule has 0 radical (unpaired) electrons. The molecule has 1 nitrogen and oxygen atoms in total. The maximum absolute atomic E-state index is 4.84. The Hall–Kier alpha value is -1.65. The van der Waals surface area contributed by atoms with E-state index in [1.165, 1.54) is 36.9 Å². The summed E-state index contributed by atoms with van der Waals surface area (Å²) in [4.78, 5) is 4.84. The molecule has 0 atom stereocenters. The summed E-state index contributed by atoms with van der Waals surface area (Å²) in [7, 11) is 0. The standard InChI is InChI=1S/C26H31GeNS/c1-16(2)12-22-23(27(5,6)7)9-8-20-21-10-11-28-24(26(21)29-25(20)22)19-14-17(3)13-18(4)15-19/h8-11,13-16H,12H2,1-7H3. The number of hydrogen-bond donors (Lipinski definition) is 0. The van der Waals surface area contributed by atoms with Gasteiger partial charge in [-0.2, -0.15) is 0 Å². The SMILES string of the molecule is Cc1cc(C)cc(-c2nccc3c2sc2c(CC(C)C)[c]([Ge]([CH3])([CH3])[CH3])ccc23)c1. The van der Waals surface area contributed by atoms with Crippen LogP contribution in [0.15, 0.2) is 42.6 Å². The summed E-state index contributed by atoms with van der Waals surface area (Å²) in [5, 5.41) is 2.76. The summed E-state index contributed by atoms with van der Waals surface area (Å²) in [6.45, 7) is 9.02. The third-order valence-corrected chi connectivity index (χ3v) is 11.2. The molecule has 0 saturated heterocycles. The zero-order chi connectivity index (χ0) is 20.9. The van der Waals surface area contributed by atoms with Gasteiger partial charge in [0.25, 0.3) is 0 Å². The van der Waals surface area contributed by atoms with Crippen molar-refractivity contribution in [3.8, 4) is 11.3 Å². The molecule has 150 valence electrons. The average molecular weight is 462 g/mol. The number of aromatic nitrogens is 1. The fraction of sp³-hybridized carbons (Fsp3) is 0.346. The predicted molar refractivity (Wildman–Crippen MR) is 134 cm³/mol. The van der Waals surface area contributed by atoms with Crippen molar-refractivity contribution in [3.63, 3.8) is 0 Å². The number of aryl methyl sites for hydroxylation is 2. The van der Waals surface area contributed by atoms with Crippen LogP contribution in [0.3, 0.4) is 0 Å². The summed E-state index contributed by atoms with van der Waals surface area (Å²) in [6.07, 6.45) is 3.15. The van der Waals surface area contributed by atoms with E-state index in [1.807, 2.05) is 17.5 Å². The van der Waals surface area contributed by atoms with Crippen LogP contribution in [0.2, 0.25) is 17.3 Å². The molecule has 0 bridgehead atoms. The summed E-state index contributed by atoms with van der Waals surface area (Å²) in [5.41, 5.74) is 6.56. The Morgan fingerprint density at radius 1 is 0.897 bits per heavy atom. The van der Waals surface area contributed by atoms with Crippen LogP contribution in [-0.2, 0) is 6.42 Å². The molecule has 2 heterocycles. The number of thiophene rings is 1. The molecule has 0 amide bonds. The monoisotopic (exact) mass is 463 g/mol. The first-order chi connectivity index (χ1) is 13.6. The second-order valence-electron chi connectivity index (χ2n) is 9.83. The van der Waals surface area contributed by atoms with Crippen molar-refractivity contribution in [2.45, 2.75) is 51.4 Å². The molecule has 0 aliphatic carbocycles. The van der Waals surface area contributed by atoms with Crippen molar-refractivity contribution >= 4 is 49.2 Å². The molecule has 4 rings (SSSR count). The average Bonchev–Trinajstić information content (AvgIpc) is 2.99. The molecule has 0 fully saturated rings. The van der Waals surface area contributed by atoms with Gasteiger partial charge in [-0.05, 0) is 0 Å². The van der Waals surface area contributed by atoms with Crippen LogP contribution in [0.5, 0.6) is 0 Å². The van der Waals surface area contributed by atoms with Crippen LogP contribution in [0.4, 0.5) is 0 Å². The molecule has 0 aliphatic rings. The summed E-state index contributed by atoms with van der Waals surface area (Å²) < 4.78 is 4.49. The molecule has 0 N–H and O–H groups in total. The molecule has 3 heteroatoms. The maximum atomic E-state index is 4.84. The predicted octanol–water partition coefficient (Wildman–Crippen LogP) is 7.48. The first kappa shape index (κ1) is 20.6. The molecule has 4 aromatic rings. The Kier molecular flexibility index (Phi) is 5.37. The minimum atomic E-state index is -1.96. The van der Waals surface area contributed by atoms with Crippen molar-refractivity contribution in [2.24, 2.45) is 5.92 Å². The van der Waals surface area contributed by atoms with Gasteiger partial charge in [0.05, 0.1) is 0 Å². The molecular formula is C26H31GeNS. The Labute approximate surface area is 181 Å². The summed E-state index contributed by atoms with van der Waals surface area (Å²) in [5.74, 6) is 8.20. The van der Waals surface area contributed by atoms with Gasteiger partial charge < -0.3 is 0 Å². The molecular weight excluding hydrogens is 431 g/mol. The molecule has 29 heavy (non-hydrogen) atoms. The number of rotatable bonds is 4. The quantitative estimate of drug-likeness (QED) is 0.287. The van der Waals surface area contributed by atoms with Crippen LogP contribution in [0.1, 0.15) is 30.5 Å². The van der Waals surface area contributed by atoms with Gasteiger partial charge >= 0.3 is 182 Å². The van der Waals surface area contributed by atoms with Crippen molar-refractivity contribution < 1.29 is 0 Å². The molecule has 0 unspecified atom stereocenters. The third-order valence-electron chi connectivity index (χ3n) is 5.57. The number of pyridine rings is 1. The Morgan fingerprint density at radius 2 is 1.55 bits per heavy atom. The summed E-state index contributed by atoms with van der Waals surface area (Å²) in [6, 6.07) is 13.8. The fourth-order valence-electron chi connectivity index (χ4n) is 4.45. The van der Waals surface area contributed by atoms with Gasteiger partial charge in [0.1, 0.15) is 0 Å². The second-order valence-corrected chi connectivity index (χ2v) is 21.4.